The van der Waals surface area contributed by atoms with Crippen molar-refractivity contribution < 1.29 is 9.59 Å². The molecule has 1 aromatic rings. The van der Waals surface area contributed by atoms with E-state index < -0.39 is 0 Å². The SMILES string of the molecule is CC(C)NC(=O)CCC(=O)Nc1sc2c(c1C#N)CCC2. The number of carbonyl (C=O) groups excluding carboxylic acids is 2. The van der Waals surface area contributed by atoms with Crippen LogP contribution in [0.15, 0.2) is 0 Å². The molecule has 1 aromatic heterocycles. The quantitative estimate of drug-likeness (QED) is 0.876. The molecule has 0 aliphatic heterocycles. The third-order valence-corrected chi connectivity index (χ3v) is 4.52. The van der Waals surface area contributed by atoms with E-state index in [1.807, 2.05) is 13.8 Å². The number of nitrogens with one attached hydrogen (secondary N) is 2. The third kappa shape index (κ3) is 3.82. The van der Waals surface area contributed by atoms with Gasteiger partial charge >= 0.3 is 0 Å². The first-order chi connectivity index (χ1) is 10.0. The molecule has 6 heteroatoms. The zero-order valence-corrected chi connectivity index (χ0v) is 13.1. The highest BCUT2D eigenvalue weighted by atomic mass is 32.1. The smallest absolute Gasteiger partial charge is 0.225 e. The summed E-state index contributed by atoms with van der Waals surface area (Å²) in [7, 11) is 0. The van der Waals surface area contributed by atoms with E-state index in [4.69, 9.17) is 0 Å². The van der Waals surface area contributed by atoms with Gasteiger partial charge in [0.25, 0.3) is 0 Å². The standard InChI is InChI=1S/C15H19N3O2S/c1-9(2)17-13(19)6-7-14(20)18-15-11(8-16)10-4-3-5-12(10)21-15/h9H,3-7H2,1-2H3,(H,17,19)(H,18,20). The van der Waals surface area contributed by atoms with Gasteiger partial charge in [0.1, 0.15) is 11.1 Å². The third-order valence-electron chi connectivity index (χ3n) is 3.31. The van der Waals surface area contributed by atoms with Gasteiger partial charge in [0.15, 0.2) is 0 Å². The lowest BCUT2D eigenvalue weighted by atomic mass is 10.1. The monoisotopic (exact) mass is 305 g/mol. The van der Waals surface area contributed by atoms with Gasteiger partial charge < -0.3 is 10.6 Å². The fraction of sp³-hybridized carbons (Fsp3) is 0.533. The first-order valence-corrected chi connectivity index (χ1v) is 7.96. The molecule has 21 heavy (non-hydrogen) atoms. The number of thiophene rings is 1. The van der Waals surface area contributed by atoms with Crippen LogP contribution in [0.25, 0.3) is 0 Å². The van der Waals surface area contributed by atoms with Gasteiger partial charge in [0.2, 0.25) is 11.8 Å². The lowest BCUT2D eigenvalue weighted by molar-refractivity contribution is -0.124. The number of anilines is 1. The topological polar surface area (TPSA) is 82.0 Å². The zero-order valence-electron chi connectivity index (χ0n) is 12.3. The molecule has 2 N–H and O–H groups in total. The van der Waals surface area contributed by atoms with E-state index in [9.17, 15) is 14.9 Å². The molecule has 112 valence electrons. The van der Waals surface area contributed by atoms with Crippen LogP contribution < -0.4 is 10.6 Å². The molecule has 0 atom stereocenters. The average molecular weight is 305 g/mol. The summed E-state index contributed by atoms with van der Waals surface area (Å²) in [5, 5.41) is 15.4. The summed E-state index contributed by atoms with van der Waals surface area (Å²) < 4.78 is 0. The molecule has 0 radical (unpaired) electrons. The highest BCUT2D eigenvalue weighted by Gasteiger charge is 2.23. The molecule has 1 aliphatic carbocycles. The van der Waals surface area contributed by atoms with Gasteiger partial charge in [0.05, 0.1) is 5.56 Å². The van der Waals surface area contributed by atoms with Gasteiger partial charge in [-0.15, -0.1) is 11.3 Å². The Hall–Kier alpha value is -1.87. The number of carbonyl (C=O) groups is 2. The lowest BCUT2D eigenvalue weighted by Gasteiger charge is -2.08. The fourth-order valence-electron chi connectivity index (χ4n) is 2.42. The summed E-state index contributed by atoms with van der Waals surface area (Å²) in [6, 6.07) is 2.26. The van der Waals surface area contributed by atoms with Gasteiger partial charge in [-0.2, -0.15) is 5.26 Å². The molecular weight excluding hydrogens is 286 g/mol. The van der Waals surface area contributed by atoms with Crippen molar-refractivity contribution in [3.05, 3.63) is 16.0 Å². The number of nitrogens with zero attached hydrogens (tertiary/aromatic N) is 1. The summed E-state index contributed by atoms with van der Waals surface area (Å²) in [6.45, 7) is 3.76. The van der Waals surface area contributed by atoms with E-state index in [0.717, 1.165) is 24.8 Å². The van der Waals surface area contributed by atoms with Crippen LogP contribution in [0.4, 0.5) is 5.00 Å². The predicted molar refractivity (Wildman–Crippen MR) is 82.2 cm³/mol. The van der Waals surface area contributed by atoms with Gasteiger partial charge in [-0.25, -0.2) is 0 Å². The van der Waals surface area contributed by atoms with Crippen LogP contribution in [0.3, 0.4) is 0 Å². The van der Waals surface area contributed by atoms with E-state index in [-0.39, 0.29) is 30.7 Å². The minimum absolute atomic E-state index is 0.0750. The molecule has 2 amide bonds. The van der Waals surface area contributed by atoms with Crippen LogP contribution in [0.2, 0.25) is 0 Å². The molecule has 0 unspecified atom stereocenters. The second kappa shape index (κ2) is 6.72. The van der Waals surface area contributed by atoms with Crippen molar-refractivity contribution in [1.29, 1.82) is 5.26 Å². The van der Waals surface area contributed by atoms with Crippen molar-refractivity contribution in [1.82, 2.24) is 5.32 Å². The number of aryl methyl sites for hydroxylation is 1. The maximum atomic E-state index is 11.9. The maximum Gasteiger partial charge on any atom is 0.225 e. The molecule has 0 aromatic carbocycles. The van der Waals surface area contributed by atoms with Gasteiger partial charge in [0, 0.05) is 23.8 Å². The van der Waals surface area contributed by atoms with Crippen LogP contribution >= 0.6 is 11.3 Å². The summed E-state index contributed by atoms with van der Waals surface area (Å²) in [4.78, 5) is 24.6. The Bertz CT molecular complexity index is 599. The molecule has 0 fully saturated rings. The van der Waals surface area contributed by atoms with Crippen LogP contribution in [-0.4, -0.2) is 17.9 Å². The molecule has 0 saturated carbocycles. The molecule has 5 nitrogen and oxygen atoms in total. The van der Waals surface area contributed by atoms with Crippen LogP contribution in [0, 0.1) is 11.3 Å². The Balaban J connectivity index is 1.92. The lowest BCUT2D eigenvalue weighted by Crippen LogP contribution is -2.30. The Kier molecular flexibility index (Phi) is 4.97. The van der Waals surface area contributed by atoms with Crippen LogP contribution in [0.5, 0.6) is 0 Å². The summed E-state index contributed by atoms with van der Waals surface area (Å²) in [5.74, 6) is -0.348. The number of rotatable bonds is 5. The Labute approximate surface area is 128 Å². The highest BCUT2D eigenvalue weighted by molar-refractivity contribution is 7.16. The molecule has 0 spiro atoms. The molecule has 0 saturated heterocycles. The second-order valence-electron chi connectivity index (χ2n) is 5.44. The molecule has 1 heterocycles. The van der Waals surface area contributed by atoms with E-state index in [2.05, 4.69) is 16.7 Å². The number of fused-ring (bicyclic) bond motifs is 1. The van der Waals surface area contributed by atoms with Gasteiger partial charge in [-0.1, -0.05) is 0 Å². The maximum absolute atomic E-state index is 11.9. The van der Waals surface area contributed by atoms with E-state index in [1.165, 1.54) is 16.2 Å². The average Bonchev–Trinajstić information content (AvgIpc) is 2.95. The Morgan fingerprint density at radius 2 is 2.00 bits per heavy atom. The predicted octanol–water partition coefficient (Wildman–Crippen LogP) is 2.35. The summed E-state index contributed by atoms with van der Waals surface area (Å²) in [5.41, 5.74) is 1.70. The van der Waals surface area contributed by atoms with Crippen LogP contribution in [0.1, 0.15) is 49.1 Å². The van der Waals surface area contributed by atoms with Gasteiger partial charge in [-0.05, 0) is 38.7 Å². The van der Waals surface area contributed by atoms with Crippen molar-refractivity contribution in [3.8, 4) is 6.07 Å². The molecule has 2 rings (SSSR count). The van der Waals surface area contributed by atoms with Crippen molar-refractivity contribution in [2.24, 2.45) is 0 Å². The number of nitriles is 1. The summed E-state index contributed by atoms with van der Waals surface area (Å²) in [6.07, 6.45) is 3.28. The van der Waals surface area contributed by atoms with Crippen molar-refractivity contribution >= 4 is 28.2 Å². The first-order valence-electron chi connectivity index (χ1n) is 7.15. The largest absolute Gasteiger partial charge is 0.354 e. The minimum Gasteiger partial charge on any atom is -0.354 e. The summed E-state index contributed by atoms with van der Waals surface area (Å²) >= 11 is 1.49. The van der Waals surface area contributed by atoms with Gasteiger partial charge in [-0.3, -0.25) is 9.59 Å². The van der Waals surface area contributed by atoms with E-state index in [1.54, 1.807) is 0 Å². The van der Waals surface area contributed by atoms with Crippen molar-refractivity contribution in [2.75, 3.05) is 5.32 Å². The molecular formula is C15H19N3O2S. The molecule has 0 bridgehead atoms. The number of hydrogen-bond acceptors (Lipinski definition) is 4. The molecule has 1 aliphatic rings. The Morgan fingerprint density at radius 1 is 1.29 bits per heavy atom. The Morgan fingerprint density at radius 3 is 2.67 bits per heavy atom. The zero-order chi connectivity index (χ0) is 15.4. The normalized spacial score (nSPS) is 12.9. The van der Waals surface area contributed by atoms with Crippen LogP contribution in [-0.2, 0) is 22.4 Å². The van der Waals surface area contributed by atoms with E-state index >= 15 is 0 Å². The first kappa shape index (κ1) is 15.5. The minimum atomic E-state index is -0.217. The van der Waals surface area contributed by atoms with Crippen molar-refractivity contribution in [3.63, 3.8) is 0 Å². The second-order valence-corrected chi connectivity index (χ2v) is 6.55. The number of amides is 2. The highest BCUT2D eigenvalue weighted by Crippen LogP contribution is 2.38. The number of hydrogen-bond donors (Lipinski definition) is 2. The van der Waals surface area contributed by atoms with E-state index in [0.29, 0.717) is 10.6 Å². The fourth-order valence-corrected chi connectivity index (χ4v) is 3.68. The van der Waals surface area contributed by atoms with Crippen molar-refractivity contribution in [2.45, 2.75) is 52.0 Å².